The quantitative estimate of drug-likeness (QED) is 0.922. The van der Waals surface area contributed by atoms with Crippen LogP contribution in [0.1, 0.15) is 24.1 Å². The summed E-state index contributed by atoms with van der Waals surface area (Å²) in [5, 5.41) is 9.33. The summed E-state index contributed by atoms with van der Waals surface area (Å²) in [5.74, 6) is -0.754. The van der Waals surface area contributed by atoms with Crippen molar-refractivity contribution in [2.45, 2.75) is 19.6 Å². The highest BCUT2D eigenvalue weighted by atomic mass is 19.1. The topological polar surface area (TPSA) is 23.5 Å². The van der Waals surface area contributed by atoms with Gasteiger partial charge in [0.15, 0.2) is 0 Å². The number of aliphatic hydroxyl groups is 1. The minimum absolute atomic E-state index is 0.262. The summed E-state index contributed by atoms with van der Waals surface area (Å²) in [5.41, 5.74) is 1.27. The first-order chi connectivity index (χ1) is 9.56. The average Bonchev–Trinajstić information content (AvgIpc) is 2.46. The van der Waals surface area contributed by atoms with Gasteiger partial charge in [0.05, 0.1) is 18.3 Å². The van der Waals surface area contributed by atoms with Crippen molar-refractivity contribution in [3.63, 3.8) is 0 Å². The number of nitrogens with zero attached hydrogens (tertiary/aromatic N) is 1. The number of para-hydroxylation sites is 1. The van der Waals surface area contributed by atoms with Crippen LogP contribution >= 0.6 is 0 Å². The molecule has 0 aromatic heterocycles. The molecule has 2 nitrogen and oxygen atoms in total. The van der Waals surface area contributed by atoms with E-state index in [-0.39, 0.29) is 18.5 Å². The van der Waals surface area contributed by atoms with Crippen LogP contribution in [0.2, 0.25) is 0 Å². The lowest BCUT2D eigenvalue weighted by atomic mass is 10.0. The third-order valence-corrected chi connectivity index (χ3v) is 3.53. The van der Waals surface area contributed by atoms with Gasteiger partial charge in [0.25, 0.3) is 0 Å². The first-order valence-corrected chi connectivity index (χ1v) is 6.41. The van der Waals surface area contributed by atoms with Gasteiger partial charge in [0, 0.05) is 18.2 Å². The number of anilines is 1. The Hall–Kier alpha value is -1.94. The van der Waals surface area contributed by atoms with Gasteiger partial charge in [-0.25, -0.2) is 8.78 Å². The van der Waals surface area contributed by atoms with Crippen LogP contribution in [0, 0.1) is 11.6 Å². The fraction of sp³-hybridized carbons (Fsp3) is 0.250. The van der Waals surface area contributed by atoms with Crippen molar-refractivity contribution in [3.8, 4) is 0 Å². The highest BCUT2D eigenvalue weighted by molar-refractivity contribution is 5.55. The van der Waals surface area contributed by atoms with Crippen molar-refractivity contribution >= 4 is 5.69 Å². The standard InChI is InChI=1S/C16H17F2NO/c1-11(13-7-3-4-8-14(13)17)19(2)16-12(10-20)6-5-9-15(16)18/h3-9,11,20H,10H2,1-2H3. The molecule has 0 radical (unpaired) electrons. The molecule has 0 aliphatic carbocycles. The van der Waals surface area contributed by atoms with Crippen LogP contribution < -0.4 is 4.90 Å². The van der Waals surface area contributed by atoms with Gasteiger partial charge in [-0.15, -0.1) is 0 Å². The molecule has 0 bridgehead atoms. The van der Waals surface area contributed by atoms with E-state index >= 15 is 0 Å². The second-order valence-electron chi connectivity index (χ2n) is 4.71. The lowest BCUT2D eigenvalue weighted by molar-refractivity contribution is 0.281. The Balaban J connectivity index is 2.41. The predicted molar refractivity (Wildman–Crippen MR) is 75.5 cm³/mol. The lowest BCUT2D eigenvalue weighted by Gasteiger charge is -2.29. The van der Waals surface area contributed by atoms with Crippen molar-refractivity contribution in [1.82, 2.24) is 0 Å². The summed E-state index contributed by atoms with van der Waals surface area (Å²) in [6, 6.07) is 10.6. The molecule has 4 heteroatoms. The highest BCUT2D eigenvalue weighted by Gasteiger charge is 2.20. The van der Waals surface area contributed by atoms with Gasteiger partial charge < -0.3 is 10.0 Å². The molecule has 0 spiro atoms. The number of aliphatic hydroxyl groups excluding tert-OH is 1. The van der Waals surface area contributed by atoms with E-state index in [9.17, 15) is 13.9 Å². The number of hydrogen-bond donors (Lipinski definition) is 1. The Morgan fingerprint density at radius 2 is 1.70 bits per heavy atom. The van der Waals surface area contributed by atoms with Gasteiger partial charge in [0.2, 0.25) is 0 Å². The summed E-state index contributed by atoms with van der Waals surface area (Å²) in [6.07, 6.45) is 0. The fourth-order valence-corrected chi connectivity index (χ4v) is 2.30. The van der Waals surface area contributed by atoms with Crippen LogP contribution in [0.3, 0.4) is 0 Å². The molecule has 1 unspecified atom stereocenters. The number of rotatable bonds is 4. The number of halogens is 2. The third kappa shape index (κ3) is 2.65. The maximum Gasteiger partial charge on any atom is 0.146 e. The summed E-state index contributed by atoms with van der Waals surface area (Å²) < 4.78 is 27.8. The Kier molecular flexibility index (Phi) is 4.35. The maximum atomic E-state index is 14.0. The highest BCUT2D eigenvalue weighted by Crippen LogP contribution is 2.31. The SMILES string of the molecule is CC(c1ccccc1F)N(C)c1c(F)cccc1CO. The minimum atomic E-state index is -0.428. The van der Waals surface area contributed by atoms with E-state index in [0.717, 1.165) is 0 Å². The minimum Gasteiger partial charge on any atom is -0.392 e. The molecule has 1 atom stereocenters. The van der Waals surface area contributed by atoms with Crippen LogP contribution in [-0.4, -0.2) is 12.2 Å². The zero-order valence-electron chi connectivity index (χ0n) is 11.5. The van der Waals surface area contributed by atoms with Gasteiger partial charge in [-0.05, 0) is 19.1 Å². The van der Waals surface area contributed by atoms with Gasteiger partial charge in [-0.3, -0.25) is 0 Å². The van der Waals surface area contributed by atoms with Gasteiger partial charge in [-0.1, -0.05) is 30.3 Å². The molecule has 106 valence electrons. The zero-order valence-corrected chi connectivity index (χ0v) is 11.5. The maximum absolute atomic E-state index is 14.0. The zero-order chi connectivity index (χ0) is 14.7. The van der Waals surface area contributed by atoms with Crippen LogP contribution in [0.25, 0.3) is 0 Å². The van der Waals surface area contributed by atoms with E-state index in [1.807, 2.05) is 0 Å². The van der Waals surface area contributed by atoms with E-state index in [4.69, 9.17) is 0 Å². The van der Waals surface area contributed by atoms with Crippen LogP contribution in [-0.2, 0) is 6.61 Å². The van der Waals surface area contributed by atoms with Crippen molar-refractivity contribution in [2.24, 2.45) is 0 Å². The van der Waals surface area contributed by atoms with Crippen LogP contribution in [0.5, 0.6) is 0 Å². The van der Waals surface area contributed by atoms with Crippen LogP contribution in [0.15, 0.2) is 42.5 Å². The molecule has 1 N–H and O–H groups in total. The van der Waals surface area contributed by atoms with Crippen molar-refractivity contribution in [1.29, 1.82) is 0 Å². The van der Waals surface area contributed by atoms with E-state index in [1.54, 1.807) is 49.2 Å². The Bertz CT molecular complexity index is 601. The van der Waals surface area contributed by atoms with Crippen LogP contribution in [0.4, 0.5) is 14.5 Å². The Labute approximate surface area is 117 Å². The summed E-state index contributed by atoms with van der Waals surface area (Å²) >= 11 is 0. The van der Waals surface area contributed by atoms with Crippen molar-refractivity contribution in [3.05, 3.63) is 65.2 Å². The molecule has 0 amide bonds. The normalized spacial score (nSPS) is 12.2. The molecule has 2 aromatic carbocycles. The summed E-state index contributed by atoms with van der Waals surface area (Å²) in [6.45, 7) is 1.54. The molecule has 0 aliphatic heterocycles. The molecule has 2 rings (SSSR count). The van der Waals surface area contributed by atoms with E-state index in [0.29, 0.717) is 16.8 Å². The monoisotopic (exact) mass is 277 g/mol. The average molecular weight is 277 g/mol. The Morgan fingerprint density at radius 1 is 1.05 bits per heavy atom. The number of benzene rings is 2. The van der Waals surface area contributed by atoms with E-state index in [1.165, 1.54) is 12.1 Å². The molecule has 0 heterocycles. The molecular formula is C16H17F2NO. The molecule has 0 saturated carbocycles. The first kappa shape index (κ1) is 14.5. The van der Waals surface area contributed by atoms with Gasteiger partial charge >= 0.3 is 0 Å². The molecule has 0 saturated heterocycles. The first-order valence-electron chi connectivity index (χ1n) is 6.41. The second-order valence-corrected chi connectivity index (χ2v) is 4.71. The predicted octanol–water partition coefficient (Wildman–Crippen LogP) is 3.65. The fourth-order valence-electron chi connectivity index (χ4n) is 2.30. The van der Waals surface area contributed by atoms with E-state index < -0.39 is 5.82 Å². The summed E-state index contributed by atoms with van der Waals surface area (Å²) in [7, 11) is 1.69. The smallest absolute Gasteiger partial charge is 0.146 e. The largest absolute Gasteiger partial charge is 0.392 e. The molecule has 0 fully saturated rings. The second kappa shape index (κ2) is 6.01. The molecule has 2 aromatic rings. The summed E-state index contributed by atoms with van der Waals surface area (Å²) in [4.78, 5) is 1.64. The van der Waals surface area contributed by atoms with Gasteiger partial charge in [0.1, 0.15) is 11.6 Å². The van der Waals surface area contributed by atoms with E-state index in [2.05, 4.69) is 0 Å². The van der Waals surface area contributed by atoms with Crippen molar-refractivity contribution in [2.75, 3.05) is 11.9 Å². The lowest BCUT2D eigenvalue weighted by Crippen LogP contribution is -2.24. The molecule has 0 aliphatic rings. The number of hydrogen-bond acceptors (Lipinski definition) is 2. The molecular weight excluding hydrogens is 260 g/mol. The third-order valence-electron chi connectivity index (χ3n) is 3.53. The molecule has 20 heavy (non-hydrogen) atoms. The van der Waals surface area contributed by atoms with Gasteiger partial charge in [-0.2, -0.15) is 0 Å². The van der Waals surface area contributed by atoms with Crippen molar-refractivity contribution < 1.29 is 13.9 Å². The Morgan fingerprint density at radius 3 is 2.35 bits per heavy atom.